The molecule has 1 unspecified atom stereocenters. The van der Waals surface area contributed by atoms with Gasteiger partial charge >= 0.3 is 0 Å². The predicted octanol–water partition coefficient (Wildman–Crippen LogP) is 3.03. The van der Waals surface area contributed by atoms with Crippen LogP contribution in [-0.2, 0) is 4.79 Å². The number of hydrogen-bond acceptors (Lipinski definition) is 6. The Hall–Kier alpha value is -4.08. The highest BCUT2D eigenvalue weighted by Crippen LogP contribution is 2.19. The van der Waals surface area contributed by atoms with Crippen molar-refractivity contribution < 1.29 is 23.0 Å². The number of rotatable bonds is 8. The van der Waals surface area contributed by atoms with Crippen molar-refractivity contribution in [1.29, 1.82) is 0 Å². The van der Waals surface area contributed by atoms with Gasteiger partial charge in [-0.1, -0.05) is 6.07 Å². The molecule has 0 saturated heterocycles. The Kier molecular flexibility index (Phi) is 6.20. The van der Waals surface area contributed by atoms with Crippen LogP contribution >= 0.6 is 0 Å². The number of hydrogen-bond donors (Lipinski definition) is 1. The molecule has 4 aromatic rings. The van der Waals surface area contributed by atoms with Crippen LogP contribution in [0.3, 0.4) is 0 Å². The summed E-state index contributed by atoms with van der Waals surface area (Å²) in [5.41, 5.74) is 1.16. The summed E-state index contributed by atoms with van der Waals surface area (Å²) in [4.78, 5) is 12.2. The normalized spacial score (nSPS) is 11.8. The summed E-state index contributed by atoms with van der Waals surface area (Å²) in [6, 6.07) is 14.7. The SMILES string of the molecule is CC(Oc1cccc(F)c1)C(=O)NCCOc1ccc2nnc(-c3ccc(F)cc3)n2n1. The van der Waals surface area contributed by atoms with Crippen LogP contribution in [0.4, 0.5) is 8.78 Å². The quantitative estimate of drug-likeness (QED) is 0.425. The first-order valence-electron chi connectivity index (χ1n) is 9.81. The molecule has 1 amide bonds. The average molecular weight is 439 g/mol. The Morgan fingerprint density at radius 1 is 1.06 bits per heavy atom. The van der Waals surface area contributed by atoms with Gasteiger partial charge in [0.15, 0.2) is 17.6 Å². The molecule has 4 rings (SSSR count). The van der Waals surface area contributed by atoms with Gasteiger partial charge in [-0.05, 0) is 49.4 Å². The van der Waals surface area contributed by atoms with Gasteiger partial charge in [-0.2, -0.15) is 4.52 Å². The number of nitrogens with zero attached hydrogens (tertiary/aromatic N) is 4. The molecule has 8 nitrogen and oxygen atoms in total. The summed E-state index contributed by atoms with van der Waals surface area (Å²) in [6.07, 6.45) is -0.804. The summed E-state index contributed by atoms with van der Waals surface area (Å²) < 4.78 is 38.9. The van der Waals surface area contributed by atoms with Gasteiger partial charge in [0.1, 0.15) is 24.0 Å². The van der Waals surface area contributed by atoms with E-state index in [1.165, 1.54) is 34.8 Å². The van der Waals surface area contributed by atoms with Crippen molar-refractivity contribution in [1.82, 2.24) is 25.1 Å². The molecule has 2 aromatic heterocycles. The first-order chi connectivity index (χ1) is 15.5. The van der Waals surface area contributed by atoms with E-state index in [9.17, 15) is 13.6 Å². The standard InChI is InChI=1S/C22H19F2N5O3/c1-14(32-18-4-2-3-17(24)13-18)22(30)25-11-12-31-20-10-9-19-26-27-21(29(19)28-20)15-5-7-16(23)8-6-15/h2-10,13-14H,11-12H2,1H3,(H,25,30). The van der Waals surface area contributed by atoms with Crippen LogP contribution in [0.2, 0.25) is 0 Å². The molecule has 0 bridgehead atoms. The van der Waals surface area contributed by atoms with Crippen molar-refractivity contribution in [3.8, 4) is 23.0 Å². The number of halogens is 2. The highest BCUT2D eigenvalue weighted by Gasteiger charge is 2.15. The monoisotopic (exact) mass is 439 g/mol. The molecule has 164 valence electrons. The summed E-state index contributed by atoms with van der Waals surface area (Å²) in [6.45, 7) is 1.94. The molecule has 0 fully saturated rings. The fraction of sp³-hybridized carbons (Fsp3) is 0.182. The lowest BCUT2D eigenvalue weighted by Crippen LogP contribution is -2.38. The van der Waals surface area contributed by atoms with Crippen LogP contribution in [0.15, 0.2) is 60.7 Å². The van der Waals surface area contributed by atoms with Gasteiger partial charge < -0.3 is 14.8 Å². The Morgan fingerprint density at radius 3 is 2.66 bits per heavy atom. The number of amides is 1. The predicted molar refractivity (Wildman–Crippen MR) is 111 cm³/mol. The van der Waals surface area contributed by atoms with Crippen molar-refractivity contribution in [3.63, 3.8) is 0 Å². The number of benzene rings is 2. The van der Waals surface area contributed by atoms with E-state index in [1.807, 2.05) is 0 Å². The summed E-state index contributed by atoms with van der Waals surface area (Å²) in [7, 11) is 0. The fourth-order valence-electron chi connectivity index (χ4n) is 2.90. The summed E-state index contributed by atoms with van der Waals surface area (Å²) in [5.74, 6) is -0.132. The average Bonchev–Trinajstić information content (AvgIpc) is 3.20. The molecule has 0 saturated carbocycles. The topological polar surface area (TPSA) is 90.6 Å². The second kappa shape index (κ2) is 9.38. The van der Waals surface area contributed by atoms with Gasteiger partial charge in [-0.3, -0.25) is 4.79 Å². The van der Waals surface area contributed by atoms with Gasteiger partial charge in [-0.25, -0.2) is 8.78 Å². The van der Waals surface area contributed by atoms with Crippen molar-refractivity contribution in [3.05, 3.63) is 72.3 Å². The molecule has 32 heavy (non-hydrogen) atoms. The number of ether oxygens (including phenoxy) is 2. The maximum absolute atomic E-state index is 13.2. The van der Waals surface area contributed by atoms with E-state index < -0.39 is 11.9 Å². The number of carbonyl (C=O) groups excluding carboxylic acids is 1. The van der Waals surface area contributed by atoms with Gasteiger partial charge in [-0.15, -0.1) is 15.3 Å². The minimum Gasteiger partial charge on any atom is -0.481 e. The van der Waals surface area contributed by atoms with Gasteiger partial charge in [0.25, 0.3) is 5.91 Å². The van der Waals surface area contributed by atoms with E-state index in [0.29, 0.717) is 22.9 Å². The second-order valence-electron chi connectivity index (χ2n) is 6.83. The van der Waals surface area contributed by atoms with Crippen molar-refractivity contribution in [2.24, 2.45) is 0 Å². The molecule has 0 radical (unpaired) electrons. The lowest BCUT2D eigenvalue weighted by atomic mass is 10.2. The van der Waals surface area contributed by atoms with Crippen LogP contribution in [0, 0.1) is 11.6 Å². The maximum Gasteiger partial charge on any atom is 0.260 e. The van der Waals surface area contributed by atoms with Crippen molar-refractivity contribution >= 4 is 11.6 Å². The van der Waals surface area contributed by atoms with E-state index in [2.05, 4.69) is 20.6 Å². The third kappa shape index (κ3) is 4.97. The molecule has 10 heteroatoms. The molecular weight excluding hydrogens is 420 g/mol. The maximum atomic E-state index is 13.2. The Balaban J connectivity index is 1.32. The molecule has 0 aliphatic heterocycles. The van der Waals surface area contributed by atoms with Crippen LogP contribution in [0.5, 0.6) is 11.6 Å². The smallest absolute Gasteiger partial charge is 0.260 e. The van der Waals surface area contributed by atoms with Crippen LogP contribution in [0.25, 0.3) is 17.0 Å². The third-order valence-electron chi connectivity index (χ3n) is 4.47. The van der Waals surface area contributed by atoms with E-state index in [4.69, 9.17) is 9.47 Å². The Morgan fingerprint density at radius 2 is 1.88 bits per heavy atom. The number of fused-ring (bicyclic) bond motifs is 1. The van der Waals surface area contributed by atoms with Crippen LogP contribution < -0.4 is 14.8 Å². The van der Waals surface area contributed by atoms with Crippen molar-refractivity contribution in [2.45, 2.75) is 13.0 Å². The Bertz CT molecular complexity index is 1230. The highest BCUT2D eigenvalue weighted by atomic mass is 19.1. The molecule has 0 aliphatic rings. The number of carbonyl (C=O) groups is 1. The molecular formula is C22H19F2N5O3. The third-order valence-corrected chi connectivity index (χ3v) is 4.47. The zero-order valence-electron chi connectivity index (χ0n) is 17.0. The summed E-state index contributed by atoms with van der Waals surface area (Å²) >= 11 is 0. The second-order valence-corrected chi connectivity index (χ2v) is 6.83. The largest absolute Gasteiger partial charge is 0.481 e. The van der Waals surface area contributed by atoms with E-state index in [0.717, 1.165) is 0 Å². The minimum atomic E-state index is -0.804. The fourth-order valence-corrected chi connectivity index (χ4v) is 2.90. The number of aromatic nitrogens is 4. The first-order valence-corrected chi connectivity index (χ1v) is 9.81. The summed E-state index contributed by atoms with van der Waals surface area (Å²) in [5, 5.41) is 15.2. The molecule has 2 heterocycles. The van der Waals surface area contributed by atoms with Crippen LogP contribution in [0.1, 0.15) is 6.92 Å². The zero-order chi connectivity index (χ0) is 22.5. The lowest BCUT2D eigenvalue weighted by Gasteiger charge is -2.15. The van der Waals surface area contributed by atoms with E-state index >= 15 is 0 Å². The van der Waals surface area contributed by atoms with Gasteiger partial charge in [0, 0.05) is 17.7 Å². The van der Waals surface area contributed by atoms with Gasteiger partial charge in [0.2, 0.25) is 5.88 Å². The minimum absolute atomic E-state index is 0.158. The molecule has 1 N–H and O–H groups in total. The van der Waals surface area contributed by atoms with E-state index in [-0.39, 0.29) is 30.6 Å². The first kappa shape index (κ1) is 21.2. The molecule has 2 aromatic carbocycles. The molecule has 0 spiro atoms. The highest BCUT2D eigenvalue weighted by molar-refractivity contribution is 5.80. The van der Waals surface area contributed by atoms with Crippen molar-refractivity contribution in [2.75, 3.05) is 13.2 Å². The number of nitrogens with one attached hydrogen (secondary N) is 1. The lowest BCUT2D eigenvalue weighted by molar-refractivity contribution is -0.127. The molecule has 1 atom stereocenters. The Labute approximate surface area is 181 Å². The molecule has 0 aliphatic carbocycles. The van der Waals surface area contributed by atoms with E-state index in [1.54, 1.807) is 37.3 Å². The van der Waals surface area contributed by atoms with Crippen LogP contribution in [-0.4, -0.2) is 45.0 Å². The zero-order valence-corrected chi connectivity index (χ0v) is 17.0. The van der Waals surface area contributed by atoms with Gasteiger partial charge in [0.05, 0.1) is 6.54 Å².